The maximum atomic E-state index is 6.07. The van der Waals surface area contributed by atoms with Crippen LogP contribution in [0, 0.1) is 0 Å². The lowest BCUT2D eigenvalue weighted by Crippen LogP contribution is -2.47. The molecule has 1 saturated carbocycles. The lowest BCUT2D eigenvalue weighted by atomic mass is 9.75. The molecule has 110 valence electrons. The van der Waals surface area contributed by atoms with E-state index in [1.807, 2.05) is 12.3 Å². The van der Waals surface area contributed by atoms with Crippen LogP contribution in [0.2, 0.25) is 5.02 Å². The molecule has 0 saturated heterocycles. The van der Waals surface area contributed by atoms with Crippen molar-refractivity contribution >= 4 is 11.6 Å². The number of hydrogen-bond acceptors (Lipinski definition) is 2. The molecule has 2 N–H and O–H groups in total. The summed E-state index contributed by atoms with van der Waals surface area (Å²) in [6.45, 7) is 0. The minimum absolute atomic E-state index is 0.600. The van der Waals surface area contributed by atoms with E-state index in [-0.39, 0.29) is 0 Å². The fraction of sp³-hybridized carbons (Fsp3) is 0.471. The van der Waals surface area contributed by atoms with Gasteiger partial charge in [0.1, 0.15) is 0 Å². The third-order valence-electron chi connectivity index (χ3n) is 4.95. The molecule has 2 aliphatic carbocycles. The molecule has 1 heterocycles. The minimum Gasteiger partial charge on any atom is -0.311 e. The summed E-state index contributed by atoms with van der Waals surface area (Å²) in [5.74, 6) is 0.674. The summed E-state index contributed by atoms with van der Waals surface area (Å²) in [6, 6.07) is 9.57. The second kappa shape index (κ2) is 5.47. The standard InChI is InChI=1S/C17H20ClN3/c18-14-3-1-2-11(6-14)13-7-16(8-13)20-15-5-4-12-10-19-21-17(12)9-15/h1-3,6,10,13,15-16,20H,4-5,7-9H2,(H,19,21). The van der Waals surface area contributed by atoms with E-state index in [0.717, 1.165) is 17.9 Å². The van der Waals surface area contributed by atoms with Crippen LogP contribution in [0.25, 0.3) is 0 Å². The largest absolute Gasteiger partial charge is 0.311 e. The Bertz CT molecular complexity index is 630. The molecule has 0 bridgehead atoms. The summed E-state index contributed by atoms with van der Waals surface area (Å²) in [5.41, 5.74) is 4.11. The zero-order chi connectivity index (χ0) is 14.2. The first-order chi connectivity index (χ1) is 10.3. The SMILES string of the molecule is Clc1cccc(C2CC(NC3CCc4cn[nH]c4C3)C2)c1. The van der Waals surface area contributed by atoms with Crippen LogP contribution >= 0.6 is 11.6 Å². The molecule has 3 nitrogen and oxygen atoms in total. The van der Waals surface area contributed by atoms with Crippen molar-refractivity contribution in [2.24, 2.45) is 0 Å². The number of fused-ring (bicyclic) bond motifs is 1. The topological polar surface area (TPSA) is 40.7 Å². The summed E-state index contributed by atoms with van der Waals surface area (Å²) in [7, 11) is 0. The van der Waals surface area contributed by atoms with Gasteiger partial charge >= 0.3 is 0 Å². The van der Waals surface area contributed by atoms with Crippen LogP contribution in [0.15, 0.2) is 30.5 Å². The molecule has 0 spiro atoms. The van der Waals surface area contributed by atoms with E-state index in [4.69, 9.17) is 11.6 Å². The van der Waals surface area contributed by atoms with Crippen molar-refractivity contribution in [3.63, 3.8) is 0 Å². The van der Waals surface area contributed by atoms with Crippen LogP contribution in [0.1, 0.15) is 42.0 Å². The quantitative estimate of drug-likeness (QED) is 0.911. The molecule has 4 heteroatoms. The lowest BCUT2D eigenvalue weighted by molar-refractivity contribution is 0.254. The van der Waals surface area contributed by atoms with Gasteiger partial charge in [0.15, 0.2) is 0 Å². The molecule has 2 aliphatic rings. The first-order valence-corrected chi connectivity index (χ1v) is 8.18. The number of nitrogens with zero attached hydrogens (tertiary/aromatic N) is 1. The number of nitrogens with one attached hydrogen (secondary N) is 2. The van der Waals surface area contributed by atoms with Gasteiger partial charge in [-0.1, -0.05) is 23.7 Å². The van der Waals surface area contributed by atoms with Crippen molar-refractivity contribution in [3.05, 3.63) is 52.3 Å². The number of aryl methyl sites for hydroxylation is 1. The molecule has 1 aromatic carbocycles. The van der Waals surface area contributed by atoms with Crippen molar-refractivity contribution in [1.82, 2.24) is 15.5 Å². The molecular formula is C17H20ClN3. The zero-order valence-corrected chi connectivity index (χ0v) is 12.7. The molecule has 1 atom stereocenters. The average molecular weight is 302 g/mol. The Morgan fingerprint density at radius 3 is 3.00 bits per heavy atom. The predicted octanol–water partition coefficient (Wildman–Crippen LogP) is 3.46. The number of rotatable bonds is 3. The highest BCUT2D eigenvalue weighted by atomic mass is 35.5. The van der Waals surface area contributed by atoms with Crippen LogP contribution in [0.4, 0.5) is 0 Å². The van der Waals surface area contributed by atoms with Crippen LogP contribution in [-0.2, 0) is 12.8 Å². The highest BCUT2D eigenvalue weighted by Crippen LogP contribution is 2.38. The van der Waals surface area contributed by atoms with Crippen molar-refractivity contribution < 1.29 is 0 Å². The molecular weight excluding hydrogens is 282 g/mol. The number of aromatic amines is 1. The van der Waals surface area contributed by atoms with Gasteiger partial charge in [-0.25, -0.2) is 0 Å². The lowest BCUT2D eigenvalue weighted by Gasteiger charge is -2.39. The van der Waals surface area contributed by atoms with Gasteiger partial charge in [0, 0.05) is 29.2 Å². The van der Waals surface area contributed by atoms with Gasteiger partial charge < -0.3 is 5.32 Å². The van der Waals surface area contributed by atoms with Crippen LogP contribution in [0.5, 0.6) is 0 Å². The van der Waals surface area contributed by atoms with E-state index in [0.29, 0.717) is 18.0 Å². The van der Waals surface area contributed by atoms with E-state index in [2.05, 4.69) is 33.7 Å². The number of aromatic nitrogens is 2. The summed E-state index contributed by atoms with van der Waals surface area (Å²) < 4.78 is 0. The van der Waals surface area contributed by atoms with E-state index >= 15 is 0 Å². The van der Waals surface area contributed by atoms with E-state index < -0.39 is 0 Å². The van der Waals surface area contributed by atoms with Gasteiger partial charge in [-0.15, -0.1) is 0 Å². The second-order valence-electron chi connectivity index (χ2n) is 6.40. The fourth-order valence-corrected chi connectivity index (χ4v) is 3.87. The average Bonchev–Trinajstić information content (AvgIpc) is 2.89. The Morgan fingerprint density at radius 2 is 2.14 bits per heavy atom. The maximum absolute atomic E-state index is 6.07. The summed E-state index contributed by atoms with van der Waals surface area (Å²) >= 11 is 6.07. The molecule has 1 aromatic heterocycles. The van der Waals surface area contributed by atoms with Gasteiger partial charge in [0.2, 0.25) is 0 Å². The molecule has 0 aliphatic heterocycles. The highest BCUT2D eigenvalue weighted by molar-refractivity contribution is 6.30. The van der Waals surface area contributed by atoms with Crippen molar-refractivity contribution in [2.75, 3.05) is 0 Å². The Hall–Kier alpha value is -1.32. The van der Waals surface area contributed by atoms with Crippen LogP contribution < -0.4 is 5.32 Å². The summed E-state index contributed by atoms with van der Waals surface area (Å²) in [5, 5.41) is 11.9. The summed E-state index contributed by atoms with van der Waals surface area (Å²) in [6.07, 6.45) is 7.90. The minimum atomic E-state index is 0.600. The molecule has 2 aromatic rings. The van der Waals surface area contributed by atoms with E-state index in [1.165, 1.54) is 36.1 Å². The van der Waals surface area contributed by atoms with Crippen molar-refractivity contribution in [2.45, 2.75) is 50.1 Å². The van der Waals surface area contributed by atoms with Crippen molar-refractivity contribution in [1.29, 1.82) is 0 Å². The second-order valence-corrected chi connectivity index (χ2v) is 6.84. The first-order valence-electron chi connectivity index (χ1n) is 7.80. The fourth-order valence-electron chi connectivity index (χ4n) is 3.67. The van der Waals surface area contributed by atoms with Gasteiger partial charge in [-0.3, -0.25) is 5.10 Å². The number of halogens is 1. The molecule has 1 unspecified atom stereocenters. The van der Waals surface area contributed by atoms with Gasteiger partial charge in [0.05, 0.1) is 6.20 Å². The molecule has 1 fully saturated rings. The Labute approximate surface area is 130 Å². The smallest absolute Gasteiger partial charge is 0.0522 e. The Kier molecular flexibility index (Phi) is 3.48. The van der Waals surface area contributed by atoms with Gasteiger partial charge in [-0.05, 0) is 54.9 Å². The van der Waals surface area contributed by atoms with Crippen LogP contribution in [-0.4, -0.2) is 22.3 Å². The van der Waals surface area contributed by atoms with Crippen molar-refractivity contribution in [3.8, 4) is 0 Å². The van der Waals surface area contributed by atoms with E-state index in [9.17, 15) is 0 Å². The third-order valence-corrected chi connectivity index (χ3v) is 5.18. The third kappa shape index (κ3) is 2.72. The van der Waals surface area contributed by atoms with Gasteiger partial charge in [0.25, 0.3) is 0 Å². The normalized spacial score (nSPS) is 28.0. The molecule has 4 rings (SSSR count). The summed E-state index contributed by atoms with van der Waals surface area (Å²) in [4.78, 5) is 0. The molecule has 0 radical (unpaired) electrons. The van der Waals surface area contributed by atoms with E-state index in [1.54, 1.807) is 0 Å². The molecule has 21 heavy (non-hydrogen) atoms. The zero-order valence-electron chi connectivity index (χ0n) is 12.0. The Morgan fingerprint density at radius 1 is 1.24 bits per heavy atom. The monoisotopic (exact) mass is 301 g/mol. The first kappa shape index (κ1) is 13.4. The predicted molar refractivity (Wildman–Crippen MR) is 84.8 cm³/mol. The highest BCUT2D eigenvalue weighted by Gasteiger charge is 2.32. The molecule has 0 amide bonds. The van der Waals surface area contributed by atoms with Gasteiger partial charge in [-0.2, -0.15) is 5.10 Å². The number of hydrogen-bond donors (Lipinski definition) is 2. The Balaban J connectivity index is 1.31. The number of benzene rings is 1. The maximum Gasteiger partial charge on any atom is 0.0522 e. The van der Waals surface area contributed by atoms with Crippen LogP contribution in [0.3, 0.4) is 0 Å². The number of H-pyrrole nitrogens is 1.